The summed E-state index contributed by atoms with van der Waals surface area (Å²) in [5.74, 6) is 0.00485. The number of amides is 3. The van der Waals surface area contributed by atoms with Gasteiger partial charge in [0.15, 0.2) is 0 Å². The van der Waals surface area contributed by atoms with Crippen LogP contribution in [0.3, 0.4) is 0 Å². The topological polar surface area (TPSA) is 99.8 Å². The molecule has 2 aliphatic heterocycles. The van der Waals surface area contributed by atoms with Crippen molar-refractivity contribution in [3.05, 3.63) is 48.0 Å². The van der Waals surface area contributed by atoms with Crippen LogP contribution in [0.15, 0.2) is 42.5 Å². The van der Waals surface area contributed by atoms with Gasteiger partial charge in [0, 0.05) is 32.5 Å². The molecule has 218 valence electrons. The Morgan fingerprint density at radius 3 is 2.45 bits per heavy atom. The minimum absolute atomic E-state index is 0.0224. The van der Waals surface area contributed by atoms with Gasteiger partial charge < -0.3 is 20.3 Å². The molecular formula is C32H46N4O4. The maximum Gasteiger partial charge on any atom is 0.237 e. The van der Waals surface area contributed by atoms with Gasteiger partial charge in [-0.05, 0) is 42.0 Å². The van der Waals surface area contributed by atoms with Crippen molar-refractivity contribution in [2.45, 2.75) is 95.7 Å². The van der Waals surface area contributed by atoms with Gasteiger partial charge in [0.05, 0.1) is 25.4 Å². The number of nitrogens with one attached hydrogen (secondary N) is 3. The summed E-state index contributed by atoms with van der Waals surface area (Å²) in [6.45, 7) is 2.44. The third-order valence-corrected chi connectivity index (χ3v) is 8.04. The van der Waals surface area contributed by atoms with Crippen LogP contribution in [0.1, 0.15) is 82.6 Å². The summed E-state index contributed by atoms with van der Waals surface area (Å²) in [5.41, 5.74) is 1.09. The molecule has 2 heterocycles. The molecule has 2 fully saturated rings. The van der Waals surface area contributed by atoms with E-state index in [2.05, 4.69) is 40.2 Å². The fourth-order valence-electron chi connectivity index (χ4n) is 5.71. The molecule has 2 saturated heterocycles. The van der Waals surface area contributed by atoms with Gasteiger partial charge in [-0.15, -0.1) is 0 Å². The summed E-state index contributed by atoms with van der Waals surface area (Å²) in [5, 5.41) is 11.8. The van der Waals surface area contributed by atoms with Gasteiger partial charge >= 0.3 is 0 Å². The van der Waals surface area contributed by atoms with Crippen LogP contribution in [-0.2, 0) is 25.7 Å². The zero-order valence-electron chi connectivity index (χ0n) is 23.8. The van der Waals surface area contributed by atoms with E-state index in [-0.39, 0.29) is 49.6 Å². The smallest absolute Gasteiger partial charge is 0.237 e. The van der Waals surface area contributed by atoms with E-state index >= 15 is 0 Å². The molecule has 8 heteroatoms. The molecule has 0 aromatic heterocycles. The molecule has 2 aromatic rings. The van der Waals surface area contributed by atoms with Gasteiger partial charge in [-0.25, -0.2) is 0 Å². The molecule has 0 bridgehead atoms. The van der Waals surface area contributed by atoms with Crippen molar-refractivity contribution < 1.29 is 19.1 Å². The highest BCUT2D eigenvalue weighted by Gasteiger charge is 2.24. The van der Waals surface area contributed by atoms with Crippen LogP contribution >= 0.6 is 0 Å². The number of fused-ring (bicyclic) bond motifs is 1. The number of hydrogen-bond acceptors (Lipinski definition) is 5. The van der Waals surface area contributed by atoms with E-state index in [0.29, 0.717) is 13.0 Å². The molecule has 0 radical (unpaired) electrons. The third kappa shape index (κ3) is 9.59. The van der Waals surface area contributed by atoms with Gasteiger partial charge in [-0.1, -0.05) is 81.0 Å². The number of carbonyl (C=O) groups excluding carboxylic acids is 3. The largest absolute Gasteiger partial charge is 0.364 e. The summed E-state index contributed by atoms with van der Waals surface area (Å²) in [7, 11) is 0. The minimum Gasteiger partial charge on any atom is -0.364 e. The summed E-state index contributed by atoms with van der Waals surface area (Å²) in [4.78, 5) is 40.5. The molecule has 0 saturated carbocycles. The third-order valence-electron chi connectivity index (χ3n) is 8.04. The predicted octanol–water partition coefficient (Wildman–Crippen LogP) is 4.41. The summed E-state index contributed by atoms with van der Waals surface area (Å²) < 4.78 is 5.91. The second-order valence-corrected chi connectivity index (χ2v) is 11.2. The first kappa shape index (κ1) is 30.0. The van der Waals surface area contributed by atoms with Gasteiger partial charge in [0.25, 0.3) is 0 Å². The van der Waals surface area contributed by atoms with E-state index in [4.69, 9.17) is 4.74 Å². The van der Waals surface area contributed by atoms with Gasteiger partial charge in [-0.2, -0.15) is 0 Å². The van der Waals surface area contributed by atoms with Crippen molar-refractivity contribution >= 4 is 28.5 Å². The first-order valence-corrected chi connectivity index (χ1v) is 15.2. The Kier molecular flexibility index (Phi) is 12.2. The molecule has 2 aromatic carbocycles. The second-order valence-electron chi connectivity index (χ2n) is 11.2. The molecule has 8 nitrogen and oxygen atoms in total. The van der Waals surface area contributed by atoms with E-state index in [1.807, 2.05) is 23.1 Å². The van der Waals surface area contributed by atoms with Crippen LogP contribution in [-0.4, -0.2) is 61.1 Å². The SMILES string of the molecule is O=C1CCCCCCCCC[C@@H](C(=O)NCc2cccc3ccccc23)NCOC[C@H](CC(=O)N2CCCC2)N1. The number of benzene rings is 2. The Balaban J connectivity index is 1.34. The number of ether oxygens (including phenoxy) is 1. The average Bonchev–Trinajstić information content (AvgIpc) is 3.51. The molecule has 2 atom stereocenters. The Morgan fingerprint density at radius 1 is 0.900 bits per heavy atom. The predicted molar refractivity (Wildman–Crippen MR) is 157 cm³/mol. The highest BCUT2D eigenvalue weighted by Crippen LogP contribution is 2.18. The van der Waals surface area contributed by atoms with E-state index in [0.717, 1.165) is 93.6 Å². The van der Waals surface area contributed by atoms with Crippen molar-refractivity contribution in [2.24, 2.45) is 0 Å². The zero-order valence-corrected chi connectivity index (χ0v) is 23.8. The zero-order chi connectivity index (χ0) is 28.0. The number of likely N-dealkylation sites (tertiary alicyclic amines) is 1. The summed E-state index contributed by atoms with van der Waals surface area (Å²) in [6.07, 6.45) is 10.8. The second kappa shape index (κ2) is 16.3. The van der Waals surface area contributed by atoms with E-state index in [9.17, 15) is 14.4 Å². The normalized spacial score (nSPS) is 22.4. The van der Waals surface area contributed by atoms with Crippen LogP contribution in [0.25, 0.3) is 10.8 Å². The van der Waals surface area contributed by atoms with E-state index in [1.165, 1.54) is 0 Å². The maximum atomic E-state index is 13.3. The molecule has 40 heavy (non-hydrogen) atoms. The van der Waals surface area contributed by atoms with Crippen molar-refractivity contribution in [1.29, 1.82) is 0 Å². The lowest BCUT2D eigenvalue weighted by Crippen LogP contribution is -2.46. The highest BCUT2D eigenvalue weighted by molar-refractivity contribution is 5.87. The minimum atomic E-state index is -0.378. The van der Waals surface area contributed by atoms with E-state index < -0.39 is 0 Å². The Hall–Kier alpha value is -2.97. The van der Waals surface area contributed by atoms with Crippen LogP contribution < -0.4 is 16.0 Å². The number of carbonyl (C=O) groups is 3. The molecule has 0 aliphatic carbocycles. The molecule has 4 rings (SSSR count). The Bertz CT molecular complexity index is 1100. The molecule has 0 spiro atoms. The molecule has 3 N–H and O–H groups in total. The highest BCUT2D eigenvalue weighted by atomic mass is 16.5. The Morgan fingerprint density at radius 2 is 1.62 bits per heavy atom. The van der Waals surface area contributed by atoms with Crippen molar-refractivity contribution in [2.75, 3.05) is 26.4 Å². The molecule has 3 amide bonds. The van der Waals surface area contributed by atoms with Crippen LogP contribution in [0, 0.1) is 0 Å². The van der Waals surface area contributed by atoms with E-state index in [1.54, 1.807) is 0 Å². The molecule has 2 aliphatic rings. The standard InChI is InChI=1S/C32H46N4O4/c37-30-18-7-5-3-1-2-4-6-17-29(32(39)33-22-26-15-12-14-25-13-8-9-16-28(25)26)34-24-40-23-27(35-30)21-31(38)36-19-10-11-20-36/h8-9,12-16,27,29,34H,1-7,10-11,17-24H2,(H,33,39)(H,35,37)/t27-,29-/m0/s1. The fourth-order valence-corrected chi connectivity index (χ4v) is 5.71. The number of rotatable bonds is 5. The molecular weight excluding hydrogens is 504 g/mol. The van der Waals surface area contributed by atoms with Gasteiger partial charge in [-0.3, -0.25) is 19.7 Å². The average molecular weight is 551 g/mol. The lowest BCUT2D eigenvalue weighted by atomic mass is 10.0. The molecule has 0 unspecified atom stereocenters. The monoisotopic (exact) mass is 550 g/mol. The fraction of sp³-hybridized carbons (Fsp3) is 0.594. The van der Waals surface area contributed by atoms with Crippen molar-refractivity contribution in [1.82, 2.24) is 20.9 Å². The number of hydrogen-bond donors (Lipinski definition) is 3. The number of nitrogens with zero attached hydrogens (tertiary/aromatic N) is 1. The lowest BCUT2D eigenvalue weighted by Gasteiger charge is -2.23. The van der Waals surface area contributed by atoms with Crippen LogP contribution in [0.2, 0.25) is 0 Å². The summed E-state index contributed by atoms with van der Waals surface area (Å²) >= 11 is 0. The first-order chi connectivity index (χ1) is 19.6. The van der Waals surface area contributed by atoms with Crippen LogP contribution in [0.5, 0.6) is 0 Å². The lowest BCUT2D eigenvalue weighted by molar-refractivity contribution is -0.131. The van der Waals surface area contributed by atoms with Crippen molar-refractivity contribution in [3.63, 3.8) is 0 Å². The quantitative estimate of drug-likeness (QED) is 0.512. The van der Waals surface area contributed by atoms with Crippen molar-refractivity contribution in [3.8, 4) is 0 Å². The summed E-state index contributed by atoms with van der Waals surface area (Å²) in [6, 6.07) is 13.6. The van der Waals surface area contributed by atoms with Crippen LogP contribution in [0.4, 0.5) is 0 Å². The first-order valence-electron chi connectivity index (χ1n) is 15.2. The van der Waals surface area contributed by atoms with Gasteiger partial charge in [0.1, 0.15) is 0 Å². The van der Waals surface area contributed by atoms with Gasteiger partial charge in [0.2, 0.25) is 17.7 Å². The Labute approximate surface area is 238 Å². The maximum absolute atomic E-state index is 13.3.